The fraction of sp³-hybridized carbons (Fsp3) is 0.133. The number of rotatable bonds is 5. The molecule has 0 spiro atoms. The van der Waals surface area contributed by atoms with Crippen LogP contribution in [-0.4, -0.2) is 18.2 Å². The topological polar surface area (TPSA) is 46.5 Å². The molecule has 2 aromatic carbocycles. The number of aromatic carboxylic acids is 1. The van der Waals surface area contributed by atoms with Crippen LogP contribution in [-0.2, 0) is 5.75 Å². The molecule has 2 rings (SSSR count). The van der Waals surface area contributed by atoms with E-state index in [-0.39, 0.29) is 0 Å². The van der Waals surface area contributed by atoms with Crippen LogP contribution >= 0.6 is 27.7 Å². The van der Waals surface area contributed by atoms with E-state index in [1.165, 1.54) is 0 Å². The third-order valence-corrected chi connectivity index (χ3v) is 4.39. The second-order valence-electron chi connectivity index (χ2n) is 4.09. The molecule has 0 aliphatic carbocycles. The van der Waals surface area contributed by atoms with Crippen LogP contribution < -0.4 is 4.74 Å². The standard InChI is InChI=1S/C15H13BrO3S/c1-19-14-6-5-10(7-13(14)16)9-20-12-4-2-3-11(8-12)15(17)18/h2-8H,9H2,1H3,(H,17,18). The van der Waals surface area contributed by atoms with Crippen LogP contribution in [0.5, 0.6) is 5.75 Å². The minimum Gasteiger partial charge on any atom is -0.496 e. The summed E-state index contributed by atoms with van der Waals surface area (Å²) in [4.78, 5) is 11.9. The van der Waals surface area contributed by atoms with Crippen molar-refractivity contribution in [3.8, 4) is 5.75 Å². The second kappa shape index (κ2) is 6.81. The van der Waals surface area contributed by atoms with Gasteiger partial charge < -0.3 is 9.84 Å². The van der Waals surface area contributed by atoms with Crippen LogP contribution in [0.3, 0.4) is 0 Å². The van der Waals surface area contributed by atoms with E-state index < -0.39 is 5.97 Å². The van der Waals surface area contributed by atoms with Crippen LogP contribution in [0.15, 0.2) is 51.8 Å². The van der Waals surface area contributed by atoms with Crippen molar-refractivity contribution in [2.75, 3.05) is 7.11 Å². The third kappa shape index (κ3) is 3.77. The SMILES string of the molecule is COc1ccc(CSc2cccc(C(=O)O)c2)cc1Br. The highest BCUT2D eigenvalue weighted by Gasteiger charge is 2.05. The number of thioether (sulfide) groups is 1. The smallest absolute Gasteiger partial charge is 0.335 e. The summed E-state index contributed by atoms with van der Waals surface area (Å²) >= 11 is 5.05. The predicted octanol–water partition coefficient (Wildman–Crippen LogP) is 4.45. The zero-order valence-corrected chi connectivity index (χ0v) is 13.2. The predicted molar refractivity (Wildman–Crippen MR) is 83.7 cm³/mol. The molecule has 20 heavy (non-hydrogen) atoms. The molecule has 0 fully saturated rings. The van der Waals surface area contributed by atoms with E-state index >= 15 is 0 Å². The maximum atomic E-state index is 10.9. The molecular formula is C15H13BrO3S. The number of hydrogen-bond acceptors (Lipinski definition) is 3. The van der Waals surface area contributed by atoms with Crippen LogP contribution in [0.1, 0.15) is 15.9 Å². The molecule has 0 atom stereocenters. The summed E-state index contributed by atoms with van der Waals surface area (Å²) in [7, 11) is 1.63. The van der Waals surface area contributed by atoms with Crippen LogP contribution in [0.2, 0.25) is 0 Å². The zero-order chi connectivity index (χ0) is 14.5. The van der Waals surface area contributed by atoms with Crippen LogP contribution in [0.4, 0.5) is 0 Å². The minimum absolute atomic E-state index is 0.311. The van der Waals surface area contributed by atoms with Crippen molar-refractivity contribution in [2.45, 2.75) is 10.6 Å². The Bertz CT molecular complexity index is 628. The van der Waals surface area contributed by atoms with Crippen LogP contribution in [0.25, 0.3) is 0 Å². The molecule has 0 amide bonds. The largest absolute Gasteiger partial charge is 0.496 e. The fourth-order valence-corrected chi connectivity index (χ4v) is 3.17. The van der Waals surface area contributed by atoms with Crippen molar-refractivity contribution in [3.63, 3.8) is 0 Å². The Hall–Kier alpha value is -1.46. The summed E-state index contributed by atoms with van der Waals surface area (Å²) in [5.74, 6) is 0.664. The number of benzene rings is 2. The normalized spacial score (nSPS) is 10.3. The summed E-state index contributed by atoms with van der Waals surface area (Å²) < 4.78 is 6.10. The van der Waals surface area contributed by atoms with Gasteiger partial charge in [0, 0.05) is 10.6 Å². The quantitative estimate of drug-likeness (QED) is 0.807. The zero-order valence-electron chi connectivity index (χ0n) is 10.8. The monoisotopic (exact) mass is 352 g/mol. The Labute approximate surface area is 130 Å². The van der Waals surface area contributed by atoms with E-state index in [0.717, 1.165) is 26.4 Å². The molecule has 5 heteroatoms. The highest BCUT2D eigenvalue weighted by Crippen LogP contribution is 2.29. The Morgan fingerprint density at radius 3 is 2.75 bits per heavy atom. The van der Waals surface area contributed by atoms with Gasteiger partial charge in [-0.1, -0.05) is 12.1 Å². The highest BCUT2D eigenvalue weighted by molar-refractivity contribution is 9.10. The van der Waals surface area contributed by atoms with Crippen molar-refractivity contribution in [1.29, 1.82) is 0 Å². The van der Waals surface area contributed by atoms with E-state index in [0.29, 0.717) is 5.56 Å². The molecule has 104 valence electrons. The van der Waals surface area contributed by atoms with Crippen molar-refractivity contribution in [2.24, 2.45) is 0 Å². The van der Waals surface area contributed by atoms with Gasteiger partial charge in [-0.15, -0.1) is 11.8 Å². The van der Waals surface area contributed by atoms with Crippen molar-refractivity contribution in [1.82, 2.24) is 0 Å². The maximum absolute atomic E-state index is 10.9. The molecule has 0 saturated carbocycles. The lowest BCUT2D eigenvalue weighted by molar-refractivity contribution is 0.0696. The maximum Gasteiger partial charge on any atom is 0.335 e. The average Bonchev–Trinajstić information content (AvgIpc) is 2.45. The Morgan fingerprint density at radius 2 is 2.10 bits per heavy atom. The molecule has 2 aromatic rings. The molecule has 0 aliphatic rings. The van der Waals surface area contributed by atoms with Gasteiger partial charge in [0.15, 0.2) is 0 Å². The Kier molecular flexibility index (Phi) is 5.09. The van der Waals surface area contributed by atoms with Gasteiger partial charge in [-0.2, -0.15) is 0 Å². The number of carbonyl (C=O) groups is 1. The first kappa shape index (κ1) is 14.9. The minimum atomic E-state index is -0.903. The highest BCUT2D eigenvalue weighted by atomic mass is 79.9. The lowest BCUT2D eigenvalue weighted by Crippen LogP contribution is -1.95. The van der Waals surface area contributed by atoms with Gasteiger partial charge in [-0.25, -0.2) is 4.79 Å². The second-order valence-corrected chi connectivity index (χ2v) is 5.99. The number of methoxy groups -OCH3 is 1. The van der Waals surface area contributed by atoms with E-state index in [1.54, 1.807) is 37.1 Å². The molecule has 0 heterocycles. The summed E-state index contributed by atoms with van der Waals surface area (Å²) in [6.45, 7) is 0. The average molecular weight is 353 g/mol. The van der Waals surface area contributed by atoms with Gasteiger partial charge in [0.05, 0.1) is 17.1 Å². The number of carboxylic acid groups (broad SMARTS) is 1. The lowest BCUT2D eigenvalue weighted by atomic mass is 10.2. The molecule has 0 aromatic heterocycles. The molecule has 0 bridgehead atoms. The van der Waals surface area contributed by atoms with E-state index in [9.17, 15) is 4.79 Å². The molecule has 0 aliphatic heterocycles. The number of hydrogen-bond donors (Lipinski definition) is 1. The third-order valence-electron chi connectivity index (χ3n) is 2.70. The number of ether oxygens (including phenoxy) is 1. The summed E-state index contributed by atoms with van der Waals surface area (Å²) in [5.41, 5.74) is 1.45. The van der Waals surface area contributed by atoms with Gasteiger partial charge in [-0.3, -0.25) is 0 Å². The fourth-order valence-electron chi connectivity index (χ4n) is 1.69. The van der Waals surface area contributed by atoms with Gasteiger partial charge in [0.25, 0.3) is 0 Å². The molecule has 0 saturated heterocycles. The summed E-state index contributed by atoms with van der Waals surface area (Å²) in [6.07, 6.45) is 0. The molecule has 0 radical (unpaired) electrons. The summed E-state index contributed by atoms with van der Waals surface area (Å²) in [6, 6.07) is 12.9. The van der Waals surface area contributed by atoms with Crippen LogP contribution in [0, 0.1) is 0 Å². The summed E-state index contributed by atoms with van der Waals surface area (Å²) in [5, 5.41) is 8.96. The number of halogens is 1. The van der Waals surface area contributed by atoms with Gasteiger partial charge >= 0.3 is 5.97 Å². The Morgan fingerprint density at radius 1 is 1.30 bits per heavy atom. The Balaban J connectivity index is 2.07. The first-order chi connectivity index (χ1) is 9.60. The number of carboxylic acids is 1. The molecule has 1 N–H and O–H groups in total. The van der Waals surface area contributed by atoms with Crippen molar-refractivity contribution >= 4 is 33.7 Å². The van der Waals surface area contributed by atoms with E-state index in [1.807, 2.05) is 24.3 Å². The van der Waals surface area contributed by atoms with Crippen molar-refractivity contribution in [3.05, 3.63) is 58.1 Å². The molecule has 0 unspecified atom stereocenters. The lowest BCUT2D eigenvalue weighted by Gasteiger charge is -2.07. The van der Waals surface area contributed by atoms with Gasteiger partial charge in [0.2, 0.25) is 0 Å². The first-order valence-electron chi connectivity index (χ1n) is 5.88. The molecular weight excluding hydrogens is 340 g/mol. The van der Waals surface area contributed by atoms with Gasteiger partial charge in [-0.05, 0) is 51.8 Å². The van der Waals surface area contributed by atoms with E-state index in [2.05, 4.69) is 15.9 Å². The molecule has 3 nitrogen and oxygen atoms in total. The first-order valence-corrected chi connectivity index (χ1v) is 7.66. The van der Waals surface area contributed by atoms with E-state index in [4.69, 9.17) is 9.84 Å². The van der Waals surface area contributed by atoms with Gasteiger partial charge in [0.1, 0.15) is 5.75 Å². The van der Waals surface area contributed by atoms with Crippen molar-refractivity contribution < 1.29 is 14.6 Å².